The number of aliphatic imine (C=N–C) groups is 1. The van der Waals surface area contributed by atoms with Crippen molar-refractivity contribution < 1.29 is 4.79 Å². The first-order chi connectivity index (χ1) is 7.50. The molecule has 0 saturated heterocycles. The number of carbonyl (C=O) groups excluding carboxylic acids is 1. The number of hydrogen-bond acceptors (Lipinski definition) is 1. The molecule has 0 saturated carbocycles. The molecule has 1 amide bonds. The fourth-order valence-corrected chi connectivity index (χ4v) is 2.11. The van der Waals surface area contributed by atoms with Gasteiger partial charge in [0, 0.05) is 5.56 Å². The summed E-state index contributed by atoms with van der Waals surface area (Å²) in [6.07, 6.45) is 0.876. The number of benzene rings is 1. The summed E-state index contributed by atoms with van der Waals surface area (Å²) in [5.74, 6) is 0.464. The molecule has 0 N–H and O–H groups in total. The van der Waals surface area contributed by atoms with Gasteiger partial charge in [-0.1, -0.05) is 26.0 Å². The van der Waals surface area contributed by atoms with Crippen LogP contribution < -0.4 is 0 Å². The summed E-state index contributed by atoms with van der Waals surface area (Å²) in [6.45, 7) is 8.32. The molecule has 0 aromatic heterocycles. The summed E-state index contributed by atoms with van der Waals surface area (Å²) < 4.78 is 0. The van der Waals surface area contributed by atoms with E-state index in [-0.39, 0.29) is 5.91 Å². The Morgan fingerprint density at radius 1 is 1.25 bits per heavy atom. The fraction of sp³-hybridized carbons (Fsp3) is 0.429. The molecule has 84 valence electrons. The molecule has 2 rings (SSSR count). The van der Waals surface area contributed by atoms with E-state index < -0.39 is 0 Å². The van der Waals surface area contributed by atoms with Gasteiger partial charge in [0.1, 0.15) is 0 Å². The molecular formula is C14H17NO. The topological polar surface area (TPSA) is 29.4 Å². The molecule has 1 aromatic carbocycles. The van der Waals surface area contributed by atoms with Crippen molar-refractivity contribution in [3.63, 3.8) is 0 Å². The van der Waals surface area contributed by atoms with Crippen LogP contribution in [0.5, 0.6) is 0 Å². The molecular weight excluding hydrogens is 198 g/mol. The van der Waals surface area contributed by atoms with Crippen LogP contribution in [-0.4, -0.2) is 11.6 Å². The van der Waals surface area contributed by atoms with Crippen LogP contribution in [0.4, 0.5) is 0 Å². The molecule has 0 bridgehead atoms. The van der Waals surface area contributed by atoms with Crippen molar-refractivity contribution in [3.05, 3.63) is 34.4 Å². The minimum absolute atomic E-state index is 0.0631. The van der Waals surface area contributed by atoms with Crippen molar-refractivity contribution in [3.8, 4) is 0 Å². The van der Waals surface area contributed by atoms with Crippen molar-refractivity contribution >= 4 is 11.6 Å². The van der Waals surface area contributed by atoms with Crippen LogP contribution in [0, 0.1) is 19.8 Å². The lowest BCUT2D eigenvalue weighted by atomic mass is 9.94. The van der Waals surface area contributed by atoms with Gasteiger partial charge in [-0.05, 0) is 37.3 Å². The zero-order chi connectivity index (χ0) is 11.9. The molecule has 1 heterocycles. The molecule has 16 heavy (non-hydrogen) atoms. The number of rotatable bonds is 2. The van der Waals surface area contributed by atoms with Crippen LogP contribution in [0.1, 0.15) is 47.3 Å². The molecule has 0 fully saturated rings. The van der Waals surface area contributed by atoms with Gasteiger partial charge < -0.3 is 0 Å². The van der Waals surface area contributed by atoms with Crippen LogP contribution in [0.3, 0.4) is 0 Å². The first-order valence-electron chi connectivity index (χ1n) is 5.73. The maximum Gasteiger partial charge on any atom is 0.278 e. The lowest BCUT2D eigenvalue weighted by molar-refractivity contribution is 0.101. The van der Waals surface area contributed by atoms with E-state index in [0.29, 0.717) is 5.92 Å². The van der Waals surface area contributed by atoms with Gasteiger partial charge in [0.05, 0.1) is 11.3 Å². The van der Waals surface area contributed by atoms with Gasteiger partial charge in [0.2, 0.25) is 0 Å². The second kappa shape index (κ2) is 3.85. The summed E-state index contributed by atoms with van der Waals surface area (Å²) in [4.78, 5) is 16.0. The number of nitrogens with zero attached hydrogens (tertiary/aromatic N) is 1. The predicted octanol–water partition coefficient (Wildman–Crippen LogP) is 3.29. The number of amides is 1. The van der Waals surface area contributed by atoms with Gasteiger partial charge in [-0.2, -0.15) is 0 Å². The summed E-state index contributed by atoms with van der Waals surface area (Å²) >= 11 is 0. The average Bonchev–Trinajstić information content (AvgIpc) is 2.49. The van der Waals surface area contributed by atoms with E-state index in [1.165, 1.54) is 0 Å². The van der Waals surface area contributed by atoms with Gasteiger partial charge >= 0.3 is 0 Å². The summed E-state index contributed by atoms with van der Waals surface area (Å²) in [5, 5.41) is 0. The molecule has 0 atom stereocenters. The van der Waals surface area contributed by atoms with Crippen molar-refractivity contribution in [1.82, 2.24) is 0 Å². The van der Waals surface area contributed by atoms with Gasteiger partial charge in [0.15, 0.2) is 0 Å². The standard InChI is InChI=1S/C14H17NO/c1-8(2)7-12-11-6-5-9(3)10(4)13(11)14(16)15-12/h5-6,8H,7H2,1-4H3. The molecule has 1 aliphatic rings. The van der Waals surface area contributed by atoms with Crippen LogP contribution in [0.25, 0.3) is 0 Å². The van der Waals surface area contributed by atoms with Crippen molar-refractivity contribution in [2.24, 2.45) is 10.9 Å². The molecule has 0 spiro atoms. The van der Waals surface area contributed by atoms with Crippen molar-refractivity contribution in [2.75, 3.05) is 0 Å². The van der Waals surface area contributed by atoms with Gasteiger partial charge in [-0.3, -0.25) is 4.79 Å². The molecule has 2 heteroatoms. The first kappa shape index (κ1) is 11.1. The van der Waals surface area contributed by atoms with Gasteiger partial charge in [0.25, 0.3) is 5.91 Å². The largest absolute Gasteiger partial charge is 0.278 e. The highest BCUT2D eigenvalue weighted by atomic mass is 16.1. The zero-order valence-corrected chi connectivity index (χ0v) is 10.3. The first-order valence-corrected chi connectivity index (χ1v) is 5.73. The monoisotopic (exact) mass is 215 g/mol. The highest BCUT2D eigenvalue weighted by Gasteiger charge is 2.25. The third-order valence-corrected chi connectivity index (χ3v) is 3.10. The van der Waals surface area contributed by atoms with E-state index in [0.717, 1.165) is 34.4 Å². The maximum absolute atomic E-state index is 11.8. The third kappa shape index (κ3) is 1.69. The number of hydrogen-bond donors (Lipinski definition) is 0. The fourth-order valence-electron chi connectivity index (χ4n) is 2.11. The SMILES string of the molecule is Cc1ccc2c(c1C)C(=O)N=C2CC(C)C. The van der Waals surface area contributed by atoms with E-state index in [2.05, 4.69) is 24.9 Å². The third-order valence-electron chi connectivity index (χ3n) is 3.10. The summed E-state index contributed by atoms with van der Waals surface area (Å²) in [5.41, 5.74) is 5.05. The van der Waals surface area contributed by atoms with E-state index >= 15 is 0 Å². The Hall–Kier alpha value is -1.44. The predicted molar refractivity (Wildman–Crippen MR) is 66.2 cm³/mol. The van der Waals surface area contributed by atoms with Gasteiger partial charge in [-0.25, -0.2) is 4.99 Å². The minimum atomic E-state index is -0.0631. The Balaban J connectivity index is 2.50. The maximum atomic E-state index is 11.8. The highest BCUT2D eigenvalue weighted by molar-refractivity contribution is 6.22. The summed E-state index contributed by atoms with van der Waals surface area (Å²) in [6, 6.07) is 4.10. The van der Waals surface area contributed by atoms with Crippen LogP contribution >= 0.6 is 0 Å². The Kier molecular flexibility index (Phi) is 2.66. The van der Waals surface area contributed by atoms with E-state index in [9.17, 15) is 4.79 Å². The molecule has 0 aliphatic carbocycles. The smallest absolute Gasteiger partial charge is 0.267 e. The number of carbonyl (C=O) groups is 1. The highest BCUT2D eigenvalue weighted by Crippen LogP contribution is 2.27. The molecule has 0 unspecified atom stereocenters. The zero-order valence-electron chi connectivity index (χ0n) is 10.3. The summed E-state index contributed by atoms with van der Waals surface area (Å²) in [7, 11) is 0. The normalized spacial score (nSPS) is 14.3. The van der Waals surface area contributed by atoms with Crippen LogP contribution in [0.15, 0.2) is 17.1 Å². The molecule has 1 aliphatic heterocycles. The molecule has 1 aromatic rings. The van der Waals surface area contributed by atoms with Crippen LogP contribution in [-0.2, 0) is 0 Å². The van der Waals surface area contributed by atoms with E-state index in [4.69, 9.17) is 0 Å². The Morgan fingerprint density at radius 2 is 1.94 bits per heavy atom. The lowest BCUT2D eigenvalue weighted by Gasteiger charge is -2.08. The van der Waals surface area contributed by atoms with E-state index in [1.54, 1.807) is 0 Å². The second-order valence-electron chi connectivity index (χ2n) is 4.89. The van der Waals surface area contributed by atoms with Crippen LogP contribution in [0.2, 0.25) is 0 Å². The average molecular weight is 215 g/mol. The Labute approximate surface area is 96.4 Å². The molecule has 2 nitrogen and oxygen atoms in total. The van der Waals surface area contributed by atoms with Crippen molar-refractivity contribution in [1.29, 1.82) is 0 Å². The van der Waals surface area contributed by atoms with E-state index in [1.807, 2.05) is 19.9 Å². The molecule has 0 radical (unpaired) electrons. The number of aryl methyl sites for hydroxylation is 1. The van der Waals surface area contributed by atoms with Crippen molar-refractivity contribution in [2.45, 2.75) is 34.1 Å². The Bertz CT molecular complexity index is 484. The lowest BCUT2D eigenvalue weighted by Crippen LogP contribution is -2.04. The number of fused-ring (bicyclic) bond motifs is 1. The quantitative estimate of drug-likeness (QED) is 0.744. The van der Waals surface area contributed by atoms with Gasteiger partial charge in [-0.15, -0.1) is 0 Å². The minimum Gasteiger partial charge on any atom is -0.267 e. The second-order valence-corrected chi connectivity index (χ2v) is 4.89. The Morgan fingerprint density at radius 3 is 2.56 bits per heavy atom.